The zero-order valence-corrected chi connectivity index (χ0v) is 13.9. The molecule has 6 heteroatoms. The highest BCUT2D eigenvalue weighted by Crippen LogP contribution is 2.34. The lowest BCUT2D eigenvalue weighted by atomic mass is 10.0. The summed E-state index contributed by atoms with van der Waals surface area (Å²) in [4.78, 5) is 8.57. The van der Waals surface area contributed by atoms with Crippen LogP contribution in [-0.2, 0) is 0 Å². The molecule has 25 heavy (non-hydrogen) atoms. The van der Waals surface area contributed by atoms with Gasteiger partial charge in [-0.05, 0) is 24.6 Å². The minimum Gasteiger partial charge on any atom is -0.497 e. The number of anilines is 2. The average Bonchev–Trinajstić information content (AvgIpc) is 3.07. The fourth-order valence-corrected chi connectivity index (χ4v) is 2.74. The first kappa shape index (κ1) is 15.1. The van der Waals surface area contributed by atoms with Crippen LogP contribution in [0.25, 0.3) is 22.4 Å². The molecular formula is C19H16N4O2. The van der Waals surface area contributed by atoms with Crippen molar-refractivity contribution in [1.29, 1.82) is 0 Å². The lowest BCUT2D eigenvalue weighted by Crippen LogP contribution is -1.96. The number of methoxy groups -OCH3 is 1. The number of nitrogens with zero attached hydrogens (tertiary/aromatic N) is 3. The van der Waals surface area contributed by atoms with E-state index in [2.05, 4.69) is 20.4 Å². The Labute approximate surface area is 144 Å². The normalized spacial score (nSPS) is 10.8. The molecule has 124 valence electrons. The second-order valence-corrected chi connectivity index (χ2v) is 5.61. The van der Waals surface area contributed by atoms with E-state index in [1.165, 1.54) is 6.33 Å². The third-order valence-corrected chi connectivity index (χ3v) is 4.01. The predicted molar refractivity (Wildman–Crippen MR) is 96.0 cm³/mol. The Bertz CT molecular complexity index is 1040. The van der Waals surface area contributed by atoms with Gasteiger partial charge in [-0.25, -0.2) is 4.98 Å². The molecule has 0 unspecified atom stereocenters. The number of ether oxygens (including phenoxy) is 1. The maximum atomic E-state index is 5.42. The van der Waals surface area contributed by atoms with E-state index in [0.29, 0.717) is 11.5 Å². The van der Waals surface area contributed by atoms with Gasteiger partial charge in [-0.3, -0.25) is 0 Å². The molecule has 0 saturated heterocycles. The minimum atomic E-state index is 0.443. The summed E-state index contributed by atoms with van der Waals surface area (Å²) in [5, 5.41) is 8.28. The topological polar surface area (TPSA) is 73.1 Å². The molecule has 2 aromatic carbocycles. The van der Waals surface area contributed by atoms with Crippen molar-refractivity contribution in [3.8, 4) is 17.0 Å². The van der Waals surface area contributed by atoms with E-state index >= 15 is 0 Å². The molecule has 1 N–H and O–H groups in total. The quantitative estimate of drug-likeness (QED) is 0.599. The van der Waals surface area contributed by atoms with Crippen LogP contribution in [0, 0.1) is 6.92 Å². The number of benzene rings is 2. The van der Waals surface area contributed by atoms with Crippen LogP contribution in [0.15, 0.2) is 59.4 Å². The summed E-state index contributed by atoms with van der Waals surface area (Å²) in [6.45, 7) is 2.04. The number of aryl methyl sites for hydroxylation is 1. The van der Waals surface area contributed by atoms with Crippen LogP contribution in [0.2, 0.25) is 0 Å². The van der Waals surface area contributed by atoms with Gasteiger partial charge in [-0.15, -0.1) is 0 Å². The highest BCUT2D eigenvalue weighted by Gasteiger charge is 2.18. The maximum absolute atomic E-state index is 5.42. The van der Waals surface area contributed by atoms with E-state index in [1.807, 2.05) is 55.5 Å². The van der Waals surface area contributed by atoms with E-state index in [9.17, 15) is 0 Å². The molecule has 6 nitrogen and oxygen atoms in total. The van der Waals surface area contributed by atoms with Gasteiger partial charge >= 0.3 is 0 Å². The zero-order chi connectivity index (χ0) is 17.2. The van der Waals surface area contributed by atoms with Crippen molar-refractivity contribution < 1.29 is 9.26 Å². The van der Waals surface area contributed by atoms with Gasteiger partial charge in [0.15, 0.2) is 0 Å². The highest BCUT2D eigenvalue weighted by atomic mass is 16.5. The summed E-state index contributed by atoms with van der Waals surface area (Å²) in [7, 11) is 1.64. The molecule has 0 bridgehead atoms. The van der Waals surface area contributed by atoms with Crippen molar-refractivity contribution in [3.63, 3.8) is 0 Å². The molecule has 0 aliphatic carbocycles. The van der Waals surface area contributed by atoms with Crippen LogP contribution in [0.3, 0.4) is 0 Å². The molecular weight excluding hydrogens is 316 g/mol. The minimum absolute atomic E-state index is 0.443. The van der Waals surface area contributed by atoms with Gasteiger partial charge in [0.25, 0.3) is 5.71 Å². The Hall–Kier alpha value is -3.41. The van der Waals surface area contributed by atoms with Crippen molar-refractivity contribution in [2.45, 2.75) is 6.92 Å². The first-order valence-electron chi connectivity index (χ1n) is 7.84. The fraction of sp³-hybridized carbons (Fsp3) is 0.105. The second kappa shape index (κ2) is 6.24. The summed E-state index contributed by atoms with van der Waals surface area (Å²) in [5.41, 5.74) is 4.12. The van der Waals surface area contributed by atoms with Crippen LogP contribution in [0.4, 0.5) is 11.5 Å². The molecule has 0 amide bonds. The number of fused-ring (bicyclic) bond motifs is 1. The lowest BCUT2D eigenvalue weighted by molar-refractivity contribution is 0.415. The SMILES string of the molecule is COc1cccc(Nc2ncnc3onc(-c4ccccc4C)c23)c1. The van der Waals surface area contributed by atoms with Crippen LogP contribution in [0.5, 0.6) is 5.75 Å². The molecule has 4 rings (SSSR count). The fourth-order valence-electron chi connectivity index (χ4n) is 2.74. The van der Waals surface area contributed by atoms with Crippen LogP contribution >= 0.6 is 0 Å². The van der Waals surface area contributed by atoms with E-state index in [4.69, 9.17) is 9.26 Å². The van der Waals surface area contributed by atoms with Gasteiger partial charge in [0.1, 0.15) is 29.0 Å². The molecule has 0 spiro atoms. The van der Waals surface area contributed by atoms with Gasteiger partial charge in [0.2, 0.25) is 0 Å². The van der Waals surface area contributed by atoms with Gasteiger partial charge in [0, 0.05) is 17.3 Å². The van der Waals surface area contributed by atoms with Gasteiger partial charge in [-0.1, -0.05) is 35.5 Å². The summed E-state index contributed by atoms with van der Waals surface area (Å²) in [5.74, 6) is 1.40. The van der Waals surface area contributed by atoms with Crippen molar-refractivity contribution in [2.24, 2.45) is 0 Å². The molecule has 0 aliphatic rings. The zero-order valence-electron chi connectivity index (χ0n) is 13.9. The first-order chi connectivity index (χ1) is 12.3. The first-order valence-corrected chi connectivity index (χ1v) is 7.84. The Morgan fingerprint density at radius 2 is 1.92 bits per heavy atom. The van der Waals surface area contributed by atoms with Crippen molar-refractivity contribution in [2.75, 3.05) is 12.4 Å². The van der Waals surface area contributed by atoms with E-state index < -0.39 is 0 Å². The van der Waals surface area contributed by atoms with Gasteiger partial charge < -0.3 is 14.6 Å². The van der Waals surface area contributed by atoms with E-state index in [1.54, 1.807) is 7.11 Å². The standard InChI is InChI=1S/C19H16N4O2/c1-12-6-3-4-9-15(12)17-16-18(20-11-21-19(16)25-23-17)22-13-7-5-8-14(10-13)24-2/h3-11H,1-2H3,(H,20,21,22). The van der Waals surface area contributed by atoms with Crippen LogP contribution < -0.4 is 10.1 Å². The lowest BCUT2D eigenvalue weighted by Gasteiger charge is -2.09. The number of aromatic nitrogens is 3. The summed E-state index contributed by atoms with van der Waals surface area (Å²) < 4.78 is 10.7. The number of hydrogen-bond donors (Lipinski definition) is 1. The van der Waals surface area contributed by atoms with E-state index in [-0.39, 0.29) is 0 Å². The monoisotopic (exact) mass is 332 g/mol. The molecule has 2 heterocycles. The molecule has 2 aromatic heterocycles. The maximum Gasteiger partial charge on any atom is 0.263 e. The molecule has 0 fully saturated rings. The number of hydrogen-bond acceptors (Lipinski definition) is 6. The van der Waals surface area contributed by atoms with E-state index in [0.717, 1.165) is 33.6 Å². The number of nitrogens with one attached hydrogen (secondary N) is 1. The Balaban J connectivity index is 1.84. The molecule has 0 saturated carbocycles. The van der Waals surface area contributed by atoms with Crippen LogP contribution in [-0.4, -0.2) is 22.2 Å². The van der Waals surface area contributed by atoms with Crippen LogP contribution in [0.1, 0.15) is 5.56 Å². The van der Waals surface area contributed by atoms with Gasteiger partial charge in [0.05, 0.1) is 7.11 Å². The predicted octanol–water partition coefficient (Wildman–Crippen LogP) is 4.35. The summed E-state index contributed by atoms with van der Waals surface area (Å²) in [6.07, 6.45) is 1.46. The summed E-state index contributed by atoms with van der Waals surface area (Å²) >= 11 is 0. The molecule has 0 atom stereocenters. The molecule has 4 aromatic rings. The third-order valence-electron chi connectivity index (χ3n) is 4.01. The summed E-state index contributed by atoms with van der Waals surface area (Å²) in [6, 6.07) is 15.7. The Morgan fingerprint density at radius 3 is 2.76 bits per heavy atom. The second-order valence-electron chi connectivity index (χ2n) is 5.61. The average molecular weight is 332 g/mol. The Kier molecular flexibility index (Phi) is 3.78. The largest absolute Gasteiger partial charge is 0.497 e. The molecule has 0 aliphatic heterocycles. The Morgan fingerprint density at radius 1 is 1.04 bits per heavy atom. The van der Waals surface area contributed by atoms with Crippen molar-refractivity contribution in [3.05, 3.63) is 60.4 Å². The molecule has 0 radical (unpaired) electrons. The number of rotatable bonds is 4. The van der Waals surface area contributed by atoms with Crippen molar-refractivity contribution in [1.82, 2.24) is 15.1 Å². The third kappa shape index (κ3) is 2.78. The highest BCUT2D eigenvalue weighted by molar-refractivity contribution is 5.99. The van der Waals surface area contributed by atoms with Gasteiger partial charge in [-0.2, -0.15) is 4.98 Å². The van der Waals surface area contributed by atoms with Crippen molar-refractivity contribution >= 4 is 22.6 Å². The smallest absolute Gasteiger partial charge is 0.263 e.